The Labute approximate surface area is 81.8 Å². The molecule has 0 bridgehead atoms. The van der Waals surface area contributed by atoms with Gasteiger partial charge in [0.2, 0.25) is 0 Å². The molecule has 1 unspecified atom stereocenters. The van der Waals surface area contributed by atoms with Crippen molar-refractivity contribution < 1.29 is 14.0 Å². The lowest BCUT2D eigenvalue weighted by Gasteiger charge is -2.08. The van der Waals surface area contributed by atoms with Gasteiger partial charge in [-0.15, -0.1) is 10.0 Å². The summed E-state index contributed by atoms with van der Waals surface area (Å²) in [5.74, 6) is -0.601. The van der Waals surface area contributed by atoms with Crippen LogP contribution in [0.5, 0.6) is 0 Å². The SMILES string of the molecule is CC(NF)C(=O)OCc1ccccc1. The summed E-state index contributed by atoms with van der Waals surface area (Å²) < 4.78 is 16.7. The van der Waals surface area contributed by atoms with Gasteiger partial charge in [0, 0.05) is 0 Å². The molecule has 0 aliphatic heterocycles. The zero-order valence-corrected chi connectivity index (χ0v) is 7.87. The van der Waals surface area contributed by atoms with Crippen LogP contribution in [0.3, 0.4) is 0 Å². The normalized spacial score (nSPS) is 12.1. The van der Waals surface area contributed by atoms with Gasteiger partial charge in [0.15, 0.2) is 0 Å². The van der Waals surface area contributed by atoms with Gasteiger partial charge in [0.25, 0.3) is 0 Å². The summed E-state index contributed by atoms with van der Waals surface area (Å²) >= 11 is 0. The Morgan fingerprint density at radius 1 is 1.50 bits per heavy atom. The average molecular weight is 197 g/mol. The number of rotatable bonds is 4. The number of hydrogen-bond donors (Lipinski definition) is 1. The number of esters is 1. The molecule has 0 amide bonds. The second-order valence-corrected chi connectivity index (χ2v) is 2.92. The lowest BCUT2D eigenvalue weighted by molar-refractivity contribution is -0.148. The summed E-state index contributed by atoms with van der Waals surface area (Å²) in [6, 6.07) is 8.32. The summed E-state index contributed by atoms with van der Waals surface area (Å²) in [7, 11) is 0. The second-order valence-electron chi connectivity index (χ2n) is 2.92. The monoisotopic (exact) mass is 197 g/mol. The molecule has 76 valence electrons. The van der Waals surface area contributed by atoms with Gasteiger partial charge in [-0.05, 0) is 12.5 Å². The standard InChI is InChI=1S/C10H12FNO2/c1-8(12-11)10(13)14-7-9-5-3-2-4-6-9/h2-6,8,12H,7H2,1H3. The highest BCUT2D eigenvalue weighted by atomic mass is 19.2. The Hall–Kier alpha value is -1.42. The molecule has 1 aromatic rings. The molecule has 14 heavy (non-hydrogen) atoms. The van der Waals surface area contributed by atoms with Gasteiger partial charge in [-0.2, -0.15) is 0 Å². The van der Waals surface area contributed by atoms with Gasteiger partial charge in [0.1, 0.15) is 12.6 Å². The summed E-state index contributed by atoms with van der Waals surface area (Å²) in [4.78, 5) is 11.0. The third kappa shape index (κ3) is 3.14. The maximum absolute atomic E-state index is 11.8. The topological polar surface area (TPSA) is 38.3 Å². The van der Waals surface area contributed by atoms with Crippen LogP contribution in [-0.4, -0.2) is 12.0 Å². The third-order valence-electron chi connectivity index (χ3n) is 1.74. The zero-order valence-electron chi connectivity index (χ0n) is 7.87. The van der Waals surface area contributed by atoms with Gasteiger partial charge >= 0.3 is 5.97 Å². The molecule has 0 fully saturated rings. The Balaban J connectivity index is 2.38. The average Bonchev–Trinajstić information content (AvgIpc) is 2.26. The number of carbonyl (C=O) groups excluding carboxylic acids is 1. The van der Waals surface area contributed by atoms with Gasteiger partial charge in [-0.3, -0.25) is 4.79 Å². The van der Waals surface area contributed by atoms with Crippen molar-refractivity contribution in [1.29, 1.82) is 0 Å². The van der Waals surface area contributed by atoms with E-state index in [0.29, 0.717) is 0 Å². The van der Waals surface area contributed by atoms with Crippen LogP contribution in [0.2, 0.25) is 0 Å². The molecule has 0 heterocycles. The summed E-state index contributed by atoms with van der Waals surface area (Å²) in [5, 5.41) is 0. The molecule has 1 atom stereocenters. The molecule has 1 rings (SSSR count). The van der Waals surface area contributed by atoms with E-state index in [2.05, 4.69) is 0 Å². The number of carbonyl (C=O) groups is 1. The third-order valence-corrected chi connectivity index (χ3v) is 1.74. The molecular weight excluding hydrogens is 185 g/mol. The predicted molar refractivity (Wildman–Crippen MR) is 49.9 cm³/mol. The molecule has 3 nitrogen and oxygen atoms in total. The van der Waals surface area contributed by atoms with Crippen molar-refractivity contribution in [3.8, 4) is 0 Å². The molecule has 0 saturated carbocycles. The van der Waals surface area contributed by atoms with Crippen LogP contribution in [0, 0.1) is 0 Å². The maximum atomic E-state index is 11.8. The Kier molecular flexibility index (Phi) is 4.07. The first-order valence-corrected chi connectivity index (χ1v) is 4.30. The number of hydrogen-bond acceptors (Lipinski definition) is 3. The molecule has 1 N–H and O–H groups in total. The van der Waals surface area contributed by atoms with Gasteiger partial charge in [-0.1, -0.05) is 30.3 Å². The molecule has 4 heteroatoms. The number of nitrogens with one attached hydrogen (secondary N) is 1. The minimum Gasteiger partial charge on any atom is -0.460 e. The van der Waals surface area contributed by atoms with Gasteiger partial charge in [0.05, 0.1) is 0 Å². The maximum Gasteiger partial charge on any atom is 0.325 e. The summed E-state index contributed by atoms with van der Waals surface area (Å²) in [6.07, 6.45) is 0. The number of benzene rings is 1. The van der Waals surface area contributed by atoms with Crippen molar-refractivity contribution in [2.24, 2.45) is 0 Å². The van der Waals surface area contributed by atoms with Gasteiger partial charge in [-0.25, -0.2) is 0 Å². The molecule has 0 aliphatic rings. The van der Waals surface area contributed by atoms with E-state index in [-0.39, 0.29) is 6.61 Å². The number of halogens is 1. The van der Waals surface area contributed by atoms with E-state index in [1.54, 1.807) is 0 Å². The lowest BCUT2D eigenvalue weighted by Crippen LogP contribution is -2.29. The minimum absolute atomic E-state index is 0.172. The zero-order chi connectivity index (χ0) is 10.4. The quantitative estimate of drug-likeness (QED) is 0.588. The van der Waals surface area contributed by atoms with Crippen LogP contribution in [0.25, 0.3) is 0 Å². The fraction of sp³-hybridized carbons (Fsp3) is 0.300. The fourth-order valence-electron chi connectivity index (χ4n) is 0.898. The first-order chi connectivity index (χ1) is 6.74. The largest absolute Gasteiger partial charge is 0.460 e. The van der Waals surface area contributed by atoms with E-state index in [9.17, 15) is 9.28 Å². The Morgan fingerprint density at radius 2 is 2.14 bits per heavy atom. The van der Waals surface area contributed by atoms with Crippen LogP contribution >= 0.6 is 0 Å². The van der Waals surface area contributed by atoms with Crippen molar-refractivity contribution in [1.82, 2.24) is 5.54 Å². The van der Waals surface area contributed by atoms with E-state index < -0.39 is 12.0 Å². The van der Waals surface area contributed by atoms with Crippen molar-refractivity contribution in [2.75, 3.05) is 0 Å². The van der Waals surface area contributed by atoms with Crippen LogP contribution in [0.4, 0.5) is 4.48 Å². The van der Waals surface area contributed by atoms with Crippen LogP contribution in [0.1, 0.15) is 12.5 Å². The summed E-state index contributed by atoms with van der Waals surface area (Å²) in [5.41, 5.74) is 2.21. The second kappa shape index (κ2) is 5.34. The van der Waals surface area contributed by atoms with Crippen molar-refractivity contribution in [3.05, 3.63) is 35.9 Å². The smallest absolute Gasteiger partial charge is 0.325 e. The first kappa shape index (κ1) is 10.7. The van der Waals surface area contributed by atoms with Gasteiger partial charge < -0.3 is 4.74 Å². The van der Waals surface area contributed by atoms with Crippen molar-refractivity contribution in [2.45, 2.75) is 19.6 Å². The number of ether oxygens (including phenoxy) is 1. The Morgan fingerprint density at radius 3 is 2.71 bits per heavy atom. The van der Waals surface area contributed by atoms with E-state index in [1.165, 1.54) is 12.5 Å². The summed E-state index contributed by atoms with van der Waals surface area (Å²) in [6.45, 7) is 1.57. The Bertz CT molecular complexity index is 289. The molecule has 1 aromatic carbocycles. The molecule has 0 aromatic heterocycles. The molecule has 0 spiro atoms. The molecular formula is C10H12FNO2. The predicted octanol–water partition coefficient (Wildman–Crippen LogP) is 1.59. The molecule has 0 saturated heterocycles. The van der Waals surface area contributed by atoms with E-state index in [4.69, 9.17) is 4.74 Å². The van der Waals surface area contributed by atoms with E-state index in [1.807, 2.05) is 30.3 Å². The van der Waals surface area contributed by atoms with E-state index >= 15 is 0 Å². The van der Waals surface area contributed by atoms with Crippen molar-refractivity contribution in [3.63, 3.8) is 0 Å². The van der Waals surface area contributed by atoms with Crippen LogP contribution in [-0.2, 0) is 16.1 Å². The first-order valence-electron chi connectivity index (χ1n) is 4.30. The van der Waals surface area contributed by atoms with Crippen LogP contribution < -0.4 is 5.54 Å². The van der Waals surface area contributed by atoms with E-state index in [0.717, 1.165) is 5.56 Å². The van der Waals surface area contributed by atoms with Crippen LogP contribution in [0.15, 0.2) is 30.3 Å². The molecule has 0 aliphatic carbocycles. The molecule has 0 radical (unpaired) electrons. The highest BCUT2D eigenvalue weighted by Crippen LogP contribution is 2.01. The highest BCUT2D eigenvalue weighted by Gasteiger charge is 2.13. The highest BCUT2D eigenvalue weighted by molar-refractivity contribution is 5.75. The lowest BCUT2D eigenvalue weighted by atomic mass is 10.2. The van der Waals surface area contributed by atoms with Crippen molar-refractivity contribution >= 4 is 5.97 Å². The fourth-order valence-corrected chi connectivity index (χ4v) is 0.898. The minimum atomic E-state index is -0.918.